The van der Waals surface area contributed by atoms with Gasteiger partial charge in [0.05, 0.1) is 12.5 Å². The topological polar surface area (TPSA) is 53.3 Å². The second-order valence-corrected chi connectivity index (χ2v) is 2.04. The molecular formula is C6H8N2O2. The van der Waals surface area contributed by atoms with Gasteiger partial charge in [-0.1, -0.05) is 0 Å². The summed E-state index contributed by atoms with van der Waals surface area (Å²) in [6.45, 7) is 1.02. The van der Waals surface area contributed by atoms with E-state index in [9.17, 15) is 4.79 Å². The summed E-state index contributed by atoms with van der Waals surface area (Å²) in [6, 6.07) is 1.97. The second kappa shape index (κ2) is 3.18. The predicted molar refractivity (Wildman–Crippen MR) is 32.8 cm³/mol. The maximum absolute atomic E-state index is 10.8. The largest absolute Gasteiger partial charge is 0.351 e. The average Bonchev–Trinajstić information content (AvgIpc) is 2.31. The lowest BCUT2D eigenvalue weighted by Gasteiger charge is -2.09. The molecule has 0 saturated carbocycles. The number of hydrogen-bond acceptors (Lipinski definition) is 3. The predicted octanol–water partition coefficient (Wildman–Crippen LogP) is -0.284. The standard InChI is InChI=1S/C6H8N2O2/c7-2-1-3-8-5-10-4-6(8)9/h1,3-5H2. The highest BCUT2D eigenvalue weighted by Gasteiger charge is 2.19. The van der Waals surface area contributed by atoms with Gasteiger partial charge < -0.3 is 9.64 Å². The van der Waals surface area contributed by atoms with E-state index in [0.717, 1.165) is 0 Å². The Labute approximate surface area is 59.0 Å². The fourth-order valence-electron chi connectivity index (χ4n) is 0.781. The molecule has 1 rings (SSSR count). The lowest BCUT2D eigenvalue weighted by molar-refractivity contribution is -0.126. The fraction of sp³-hybridized carbons (Fsp3) is 0.667. The Hall–Kier alpha value is -1.08. The highest BCUT2D eigenvalue weighted by molar-refractivity contribution is 5.78. The van der Waals surface area contributed by atoms with E-state index in [1.807, 2.05) is 6.07 Å². The summed E-state index contributed by atoms with van der Waals surface area (Å²) in [5, 5.41) is 8.18. The number of ether oxygens (including phenoxy) is 1. The molecule has 0 aliphatic carbocycles. The van der Waals surface area contributed by atoms with Gasteiger partial charge in [-0.3, -0.25) is 4.79 Å². The molecule has 0 bridgehead atoms. The lowest BCUT2D eigenvalue weighted by Crippen LogP contribution is -2.26. The summed E-state index contributed by atoms with van der Waals surface area (Å²) in [5.74, 6) is -0.0183. The van der Waals surface area contributed by atoms with Crippen LogP contribution >= 0.6 is 0 Å². The first-order chi connectivity index (χ1) is 4.84. The molecule has 0 radical (unpaired) electrons. The second-order valence-electron chi connectivity index (χ2n) is 2.04. The van der Waals surface area contributed by atoms with Crippen molar-refractivity contribution < 1.29 is 9.53 Å². The zero-order valence-electron chi connectivity index (χ0n) is 5.54. The first kappa shape index (κ1) is 7.03. The Kier molecular flexibility index (Phi) is 2.24. The van der Waals surface area contributed by atoms with Gasteiger partial charge in [0.25, 0.3) is 5.91 Å². The van der Waals surface area contributed by atoms with Crippen LogP contribution in [0.25, 0.3) is 0 Å². The summed E-state index contributed by atoms with van der Waals surface area (Å²) in [5.41, 5.74) is 0. The molecule has 1 saturated heterocycles. The molecule has 0 spiro atoms. The monoisotopic (exact) mass is 140 g/mol. The van der Waals surface area contributed by atoms with E-state index < -0.39 is 0 Å². The molecule has 0 N–H and O–H groups in total. The quantitative estimate of drug-likeness (QED) is 0.530. The van der Waals surface area contributed by atoms with Crippen molar-refractivity contribution in [2.24, 2.45) is 0 Å². The molecule has 10 heavy (non-hydrogen) atoms. The number of nitriles is 1. The summed E-state index contributed by atoms with van der Waals surface area (Å²) in [7, 11) is 0. The molecule has 54 valence electrons. The zero-order chi connectivity index (χ0) is 7.40. The van der Waals surface area contributed by atoms with Crippen LogP contribution in [-0.2, 0) is 9.53 Å². The molecule has 1 heterocycles. The van der Waals surface area contributed by atoms with Crippen molar-refractivity contribution in [3.05, 3.63) is 0 Å². The summed E-state index contributed by atoms with van der Waals surface area (Å²) < 4.78 is 4.83. The summed E-state index contributed by atoms with van der Waals surface area (Å²) in [6.07, 6.45) is 0.384. The van der Waals surface area contributed by atoms with Crippen LogP contribution in [-0.4, -0.2) is 30.7 Å². The molecule has 0 aromatic rings. The van der Waals surface area contributed by atoms with E-state index >= 15 is 0 Å². The third-order valence-corrected chi connectivity index (χ3v) is 1.32. The molecular weight excluding hydrogens is 132 g/mol. The van der Waals surface area contributed by atoms with E-state index in [2.05, 4.69) is 0 Å². The number of rotatable bonds is 2. The highest BCUT2D eigenvalue weighted by Crippen LogP contribution is 2.00. The third-order valence-electron chi connectivity index (χ3n) is 1.32. The Balaban J connectivity index is 2.28. The van der Waals surface area contributed by atoms with Crippen LogP contribution in [0, 0.1) is 11.3 Å². The van der Waals surface area contributed by atoms with E-state index in [1.165, 1.54) is 4.90 Å². The van der Waals surface area contributed by atoms with Gasteiger partial charge in [0.2, 0.25) is 0 Å². The first-order valence-corrected chi connectivity index (χ1v) is 3.07. The van der Waals surface area contributed by atoms with Crippen LogP contribution in [0.15, 0.2) is 0 Å². The van der Waals surface area contributed by atoms with Crippen molar-refractivity contribution in [2.75, 3.05) is 19.9 Å². The maximum Gasteiger partial charge on any atom is 0.250 e. The minimum atomic E-state index is -0.0183. The van der Waals surface area contributed by atoms with Gasteiger partial charge in [0.1, 0.15) is 13.3 Å². The Morgan fingerprint density at radius 1 is 1.80 bits per heavy atom. The molecule has 0 unspecified atom stereocenters. The van der Waals surface area contributed by atoms with Crippen LogP contribution in [0.5, 0.6) is 0 Å². The van der Waals surface area contributed by atoms with Gasteiger partial charge in [-0.15, -0.1) is 0 Å². The van der Waals surface area contributed by atoms with Gasteiger partial charge in [-0.2, -0.15) is 5.26 Å². The Morgan fingerprint density at radius 2 is 2.60 bits per heavy atom. The smallest absolute Gasteiger partial charge is 0.250 e. The van der Waals surface area contributed by atoms with Gasteiger partial charge in [-0.05, 0) is 0 Å². The van der Waals surface area contributed by atoms with E-state index in [-0.39, 0.29) is 12.5 Å². The zero-order valence-corrected chi connectivity index (χ0v) is 5.54. The molecule has 4 heteroatoms. The molecule has 0 aromatic heterocycles. The normalized spacial score (nSPS) is 17.5. The van der Waals surface area contributed by atoms with Crippen LogP contribution in [0.1, 0.15) is 6.42 Å². The van der Waals surface area contributed by atoms with Crippen molar-refractivity contribution in [1.29, 1.82) is 5.26 Å². The molecule has 0 atom stereocenters. The molecule has 1 aliphatic heterocycles. The van der Waals surface area contributed by atoms with Crippen molar-refractivity contribution >= 4 is 5.91 Å². The van der Waals surface area contributed by atoms with E-state index in [1.54, 1.807) is 0 Å². The van der Waals surface area contributed by atoms with Crippen LogP contribution < -0.4 is 0 Å². The third kappa shape index (κ3) is 1.45. The van der Waals surface area contributed by atoms with Crippen molar-refractivity contribution in [3.63, 3.8) is 0 Å². The number of carbonyl (C=O) groups excluding carboxylic acids is 1. The van der Waals surface area contributed by atoms with E-state index in [4.69, 9.17) is 10.00 Å². The highest BCUT2D eigenvalue weighted by atomic mass is 16.5. The van der Waals surface area contributed by atoms with E-state index in [0.29, 0.717) is 19.7 Å². The van der Waals surface area contributed by atoms with Crippen LogP contribution in [0.2, 0.25) is 0 Å². The maximum atomic E-state index is 10.8. The van der Waals surface area contributed by atoms with Crippen molar-refractivity contribution in [3.8, 4) is 6.07 Å². The molecule has 0 aromatic carbocycles. The molecule has 1 aliphatic rings. The summed E-state index contributed by atoms with van der Waals surface area (Å²) >= 11 is 0. The number of carbonyl (C=O) groups is 1. The Morgan fingerprint density at radius 3 is 3.10 bits per heavy atom. The van der Waals surface area contributed by atoms with Crippen molar-refractivity contribution in [2.45, 2.75) is 6.42 Å². The number of nitrogens with zero attached hydrogens (tertiary/aromatic N) is 2. The molecule has 1 fully saturated rings. The fourth-order valence-corrected chi connectivity index (χ4v) is 0.781. The van der Waals surface area contributed by atoms with Gasteiger partial charge in [0, 0.05) is 6.54 Å². The van der Waals surface area contributed by atoms with Gasteiger partial charge >= 0.3 is 0 Å². The lowest BCUT2D eigenvalue weighted by atomic mass is 10.4. The minimum absolute atomic E-state index is 0.0183. The molecule has 1 amide bonds. The average molecular weight is 140 g/mol. The van der Waals surface area contributed by atoms with Gasteiger partial charge in [-0.25, -0.2) is 0 Å². The SMILES string of the molecule is N#CCCN1COCC1=O. The van der Waals surface area contributed by atoms with Crippen LogP contribution in [0.4, 0.5) is 0 Å². The van der Waals surface area contributed by atoms with Crippen LogP contribution in [0.3, 0.4) is 0 Å². The minimum Gasteiger partial charge on any atom is -0.351 e. The number of amides is 1. The first-order valence-electron chi connectivity index (χ1n) is 3.07. The Bertz CT molecular complexity index is 173. The molecule has 4 nitrogen and oxygen atoms in total. The van der Waals surface area contributed by atoms with Gasteiger partial charge in [0.15, 0.2) is 0 Å². The summed E-state index contributed by atoms with van der Waals surface area (Å²) in [4.78, 5) is 12.3. The number of hydrogen-bond donors (Lipinski definition) is 0. The van der Waals surface area contributed by atoms with Crippen molar-refractivity contribution in [1.82, 2.24) is 4.90 Å².